The minimum absolute atomic E-state index is 0.0377. The smallest absolute Gasteiger partial charge is 0.308 e. The number of aliphatic hydroxyl groups excluding tert-OH is 2. The van der Waals surface area contributed by atoms with E-state index in [1.807, 2.05) is 66.9 Å². The van der Waals surface area contributed by atoms with Gasteiger partial charge in [-0.3, -0.25) is 9.59 Å². The van der Waals surface area contributed by atoms with Gasteiger partial charge in [0.1, 0.15) is 18.5 Å². The molecule has 0 unspecified atom stereocenters. The van der Waals surface area contributed by atoms with Crippen LogP contribution in [0.4, 0.5) is 10.1 Å². The number of hydrogen-bond donors (Lipinski definition) is 3. The third-order valence-corrected chi connectivity index (χ3v) is 8.71. The SMILES string of the molecule is CC(C)c1c(C(=O)Nc2ccccc2)c(-c2ccccc2)c(-c2ccc(F)cc2)n1CC[C@@H](O)C[C@@H](O)CC(=O)OCCCC[C@@H](CO[N+](=O)[O-])O[N+](=O)[O-]. The Bertz CT molecular complexity index is 1870. The van der Waals surface area contributed by atoms with Crippen molar-refractivity contribution in [2.45, 2.75) is 83.1 Å². The maximum atomic E-state index is 14.2. The van der Waals surface area contributed by atoms with Gasteiger partial charge < -0.3 is 34.5 Å². The summed E-state index contributed by atoms with van der Waals surface area (Å²) < 4.78 is 21.3. The first-order valence-corrected chi connectivity index (χ1v) is 17.9. The molecule has 3 aromatic carbocycles. The van der Waals surface area contributed by atoms with Gasteiger partial charge in [0.2, 0.25) is 0 Å². The molecule has 1 heterocycles. The first kappa shape index (κ1) is 41.9. The van der Waals surface area contributed by atoms with Gasteiger partial charge in [-0.25, -0.2) is 4.39 Å². The average molecular weight is 765 g/mol. The van der Waals surface area contributed by atoms with Gasteiger partial charge in [-0.15, -0.1) is 20.2 Å². The lowest BCUT2D eigenvalue weighted by molar-refractivity contribution is -0.790. The van der Waals surface area contributed by atoms with Crippen LogP contribution in [0.2, 0.25) is 0 Å². The number of ether oxygens (including phenoxy) is 1. The summed E-state index contributed by atoms with van der Waals surface area (Å²) >= 11 is 0. The molecule has 1 amide bonds. The number of nitrogens with zero attached hydrogens (tertiary/aromatic N) is 3. The maximum Gasteiger partial charge on any atom is 0.308 e. The number of carbonyl (C=O) groups excluding carboxylic acids is 2. The zero-order chi connectivity index (χ0) is 39.9. The Morgan fingerprint density at radius 1 is 0.855 bits per heavy atom. The highest BCUT2D eigenvalue weighted by atomic mass is 19.1. The van der Waals surface area contributed by atoms with Crippen molar-refractivity contribution in [1.29, 1.82) is 0 Å². The number of amides is 1. The van der Waals surface area contributed by atoms with E-state index in [4.69, 9.17) is 4.74 Å². The van der Waals surface area contributed by atoms with Gasteiger partial charge in [-0.05, 0) is 85.5 Å². The number of unbranched alkanes of at least 4 members (excludes halogenated alkanes) is 1. The summed E-state index contributed by atoms with van der Waals surface area (Å²) in [5.41, 5.74) is 4.47. The quantitative estimate of drug-likeness (QED) is 0.0331. The molecule has 0 spiro atoms. The van der Waals surface area contributed by atoms with Crippen LogP contribution in [0.3, 0.4) is 0 Å². The summed E-state index contributed by atoms with van der Waals surface area (Å²) in [6, 6.07) is 24.5. The van der Waals surface area contributed by atoms with E-state index < -0.39 is 53.3 Å². The summed E-state index contributed by atoms with van der Waals surface area (Å²) in [6.07, 6.45) is -3.31. The highest BCUT2D eigenvalue weighted by Gasteiger charge is 2.31. The summed E-state index contributed by atoms with van der Waals surface area (Å²) in [4.78, 5) is 56.2. The van der Waals surface area contributed by atoms with Crippen LogP contribution in [0.5, 0.6) is 0 Å². The first-order valence-electron chi connectivity index (χ1n) is 17.9. The topological polar surface area (TPSA) is 206 Å². The summed E-state index contributed by atoms with van der Waals surface area (Å²) in [6.45, 7) is 3.44. The number of halogens is 1. The summed E-state index contributed by atoms with van der Waals surface area (Å²) in [7, 11) is 0. The second-order valence-corrected chi connectivity index (χ2v) is 13.2. The highest BCUT2D eigenvalue weighted by molar-refractivity contribution is 6.12. The zero-order valence-electron chi connectivity index (χ0n) is 30.5. The molecule has 3 atom stereocenters. The van der Waals surface area contributed by atoms with E-state index in [2.05, 4.69) is 15.0 Å². The predicted molar refractivity (Wildman–Crippen MR) is 199 cm³/mol. The Morgan fingerprint density at radius 3 is 2.13 bits per heavy atom. The van der Waals surface area contributed by atoms with Crippen LogP contribution in [0, 0.1) is 26.0 Å². The van der Waals surface area contributed by atoms with Crippen molar-refractivity contribution in [3.05, 3.63) is 122 Å². The predicted octanol–water partition coefficient (Wildman–Crippen LogP) is 6.73. The Labute approximate surface area is 316 Å². The third kappa shape index (κ3) is 12.6. The Morgan fingerprint density at radius 2 is 1.51 bits per heavy atom. The van der Waals surface area contributed by atoms with Gasteiger partial charge in [0.15, 0.2) is 0 Å². The Hall–Kier alpha value is -5.87. The molecule has 0 radical (unpaired) electrons. The summed E-state index contributed by atoms with van der Waals surface area (Å²) in [5.74, 6) is -1.65. The standard InChI is InChI=1S/C39H45FN4O11/c1-26(2)37-36(39(48)41-30-13-7-4-8-14-30)35(27-11-5-3-6-12-27)38(28-16-18-29(40)19-17-28)42(37)21-20-31(45)23-32(46)24-34(47)53-22-10-9-15-33(55-44(51)52)25-54-43(49)50/h3-8,11-14,16-19,26,31-33,45-46H,9-10,15,20-25H2,1-2H3,(H,41,48)/t31-,32-,33+/m1/s1. The number of benzene rings is 3. The van der Waals surface area contributed by atoms with Gasteiger partial charge in [0.05, 0.1) is 36.5 Å². The van der Waals surface area contributed by atoms with Gasteiger partial charge in [0, 0.05) is 23.5 Å². The van der Waals surface area contributed by atoms with Crippen LogP contribution in [-0.4, -0.2) is 68.4 Å². The van der Waals surface area contributed by atoms with E-state index in [1.165, 1.54) is 12.1 Å². The highest BCUT2D eigenvalue weighted by Crippen LogP contribution is 2.42. The maximum absolute atomic E-state index is 14.2. The molecule has 0 fully saturated rings. The Kier molecular flexibility index (Phi) is 15.6. The van der Waals surface area contributed by atoms with E-state index in [0.717, 1.165) is 5.56 Å². The number of rotatable bonds is 22. The molecular formula is C39H45FN4O11. The van der Waals surface area contributed by atoms with Crippen molar-refractivity contribution in [1.82, 2.24) is 4.57 Å². The molecule has 0 aliphatic heterocycles. The fourth-order valence-corrected chi connectivity index (χ4v) is 6.35. The lowest BCUT2D eigenvalue weighted by Crippen LogP contribution is -2.25. The molecule has 4 aromatic rings. The lowest BCUT2D eigenvalue weighted by atomic mass is 9.94. The zero-order valence-corrected chi connectivity index (χ0v) is 30.5. The van der Waals surface area contributed by atoms with Crippen LogP contribution >= 0.6 is 0 Å². The van der Waals surface area contributed by atoms with E-state index in [1.54, 1.807) is 24.3 Å². The number of aromatic nitrogens is 1. The first-order chi connectivity index (χ1) is 26.3. The third-order valence-electron chi connectivity index (χ3n) is 8.71. The molecule has 15 nitrogen and oxygen atoms in total. The van der Waals surface area contributed by atoms with Crippen LogP contribution in [0.15, 0.2) is 84.9 Å². The fourth-order valence-electron chi connectivity index (χ4n) is 6.35. The molecule has 55 heavy (non-hydrogen) atoms. The number of carbonyl (C=O) groups is 2. The van der Waals surface area contributed by atoms with Crippen molar-refractivity contribution < 1.29 is 48.8 Å². The van der Waals surface area contributed by atoms with Crippen molar-refractivity contribution in [2.24, 2.45) is 0 Å². The van der Waals surface area contributed by atoms with Gasteiger partial charge in [-0.2, -0.15) is 0 Å². The monoisotopic (exact) mass is 764 g/mol. The number of para-hydroxylation sites is 1. The van der Waals surface area contributed by atoms with Gasteiger partial charge >= 0.3 is 5.97 Å². The number of anilines is 1. The number of nitrogens with one attached hydrogen (secondary N) is 1. The molecular weight excluding hydrogens is 719 g/mol. The molecule has 16 heteroatoms. The summed E-state index contributed by atoms with van der Waals surface area (Å²) in [5, 5.41) is 43.6. The van der Waals surface area contributed by atoms with E-state index in [0.29, 0.717) is 33.8 Å². The lowest BCUT2D eigenvalue weighted by Gasteiger charge is -2.20. The minimum atomic E-state index is -1.24. The van der Waals surface area contributed by atoms with Crippen molar-refractivity contribution >= 4 is 17.6 Å². The number of hydrogen-bond acceptors (Lipinski definition) is 11. The van der Waals surface area contributed by atoms with E-state index in [9.17, 15) is 44.4 Å². The molecule has 0 aliphatic rings. The van der Waals surface area contributed by atoms with E-state index in [-0.39, 0.29) is 57.1 Å². The Balaban J connectivity index is 1.48. The van der Waals surface area contributed by atoms with Gasteiger partial charge in [0.25, 0.3) is 16.1 Å². The van der Waals surface area contributed by atoms with Crippen molar-refractivity contribution in [3.63, 3.8) is 0 Å². The average Bonchev–Trinajstić information content (AvgIpc) is 3.49. The molecule has 0 saturated heterocycles. The fraction of sp³-hybridized carbons (Fsp3) is 0.385. The molecule has 0 bridgehead atoms. The molecule has 294 valence electrons. The molecule has 0 saturated carbocycles. The normalized spacial score (nSPS) is 12.8. The second-order valence-electron chi connectivity index (χ2n) is 13.2. The number of esters is 1. The number of aliphatic hydroxyl groups is 2. The van der Waals surface area contributed by atoms with Crippen molar-refractivity contribution in [2.75, 3.05) is 18.5 Å². The van der Waals surface area contributed by atoms with Crippen LogP contribution in [0.25, 0.3) is 22.4 Å². The van der Waals surface area contributed by atoms with Crippen LogP contribution in [0.1, 0.15) is 74.3 Å². The van der Waals surface area contributed by atoms with Gasteiger partial charge in [-0.1, -0.05) is 62.4 Å². The minimum Gasteiger partial charge on any atom is -0.466 e. The molecule has 0 aliphatic carbocycles. The molecule has 4 rings (SSSR count). The second kappa shape index (κ2) is 20.5. The van der Waals surface area contributed by atoms with Crippen LogP contribution < -0.4 is 5.32 Å². The molecule has 1 aromatic heterocycles. The van der Waals surface area contributed by atoms with Crippen LogP contribution in [-0.2, 0) is 25.8 Å². The molecule has 3 N–H and O–H groups in total. The largest absolute Gasteiger partial charge is 0.466 e. The van der Waals surface area contributed by atoms with E-state index >= 15 is 0 Å². The van der Waals surface area contributed by atoms with Crippen molar-refractivity contribution in [3.8, 4) is 22.4 Å².